The Kier molecular flexibility index (Phi) is 7.76. The summed E-state index contributed by atoms with van der Waals surface area (Å²) in [5.74, 6) is -5.74. The molecule has 238 valence electrons. The first-order valence-electron chi connectivity index (χ1n) is 15.5. The van der Waals surface area contributed by atoms with E-state index < -0.39 is 56.8 Å². The van der Waals surface area contributed by atoms with Crippen molar-refractivity contribution in [2.75, 3.05) is 0 Å². The largest absolute Gasteiger partial charge is 0.511 e. The van der Waals surface area contributed by atoms with Gasteiger partial charge in [0.2, 0.25) is 5.78 Å². The number of allylic oxidation sites excluding steroid dienone is 2. The lowest BCUT2D eigenvalue weighted by molar-refractivity contribution is -0.171. The maximum absolute atomic E-state index is 14.5. The summed E-state index contributed by atoms with van der Waals surface area (Å²) < 4.78 is 0. The number of hydrogen-bond donors (Lipinski definition) is 4. The first-order chi connectivity index (χ1) is 20.9. The van der Waals surface area contributed by atoms with Crippen molar-refractivity contribution in [2.24, 2.45) is 22.7 Å². The number of fused-ring (bicyclic) bond motifs is 3. The van der Waals surface area contributed by atoms with Crippen LogP contribution in [0.5, 0.6) is 5.75 Å². The molecule has 0 bridgehead atoms. The van der Waals surface area contributed by atoms with E-state index in [0.29, 0.717) is 5.56 Å². The molecule has 0 saturated heterocycles. The zero-order valence-corrected chi connectivity index (χ0v) is 26.9. The van der Waals surface area contributed by atoms with E-state index in [1.165, 1.54) is 0 Å². The van der Waals surface area contributed by atoms with Crippen molar-refractivity contribution in [3.8, 4) is 5.75 Å². The van der Waals surface area contributed by atoms with Gasteiger partial charge in [0.15, 0.2) is 17.2 Å². The first kappa shape index (κ1) is 32.4. The van der Waals surface area contributed by atoms with Crippen molar-refractivity contribution in [3.05, 3.63) is 86.9 Å². The second kappa shape index (κ2) is 10.8. The predicted molar refractivity (Wildman–Crippen MR) is 168 cm³/mol. The molecule has 0 saturated carbocycles. The number of aliphatic hydroxyl groups is 3. The van der Waals surface area contributed by atoms with E-state index in [-0.39, 0.29) is 65.8 Å². The minimum atomic E-state index is -2.67. The average molecular weight is 615 g/mol. The van der Waals surface area contributed by atoms with Gasteiger partial charge in [-0.1, -0.05) is 77.9 Å². The maximum Gasteiger partial charge on any atom is 0.209 e. The lowest BCUT2D eigenvalue weighted by Gasteiger charge is -2.59. The van der Waals surface area contributed by atoms with Crippen LogP contribution >= 0.6 is 0 Å². The molecule has 4 atom stereocenters. The average Bonchev–Trinajstić information content (AvgIpc) is 2.92. The number of ketones is 4. The van der Waals surface area contributed by atoms with Gasteiger partial charge in [0, 0.05) is 40.7 Å². The number of carbonyl (C=O) groups is 4. The van der Waals surface area contributed by atoms with Gasteiger partial charge in [-0.25, -0.2) is 0 Å². The zero-order valence-electron chi connectivity index (χ0n) is 26.9. The van der Waals surface area contributed by atoms with Crippen LogP contribution in [-0.2, 0) is 33.6 Å². The highest BCUT2D eigenvalue weighted by molar-refractivity contribution is 6.25. The Morgan fingerprint density at radius 3 is 2.16 bits per heavy atom. The molecule has 0 spiro atoms. The molecule has 0 amide bonds. The predicted octanol–water partition coefficient (Wildman–Crippen LogP) is 5.82. The van der Waals surface area contributed by atoms with Crippen molar-refractivity contribution < 1.29 is 39.6 Å². The second-order valence-electron chi connectivity index (χ2n) is 14.3. The molecule has 2 aromatic rings. The Morgan fingerprint density at radius 1 is 0.978 bits per heavy atom. The molecule has 0 radical (unpaired) electrons. The van der Waals surface area contributed by atoms with Crippen molar-refractivity contribution in [2.45, 2.75) is 85.7 Å². The molecule has 8 nitrogen and oxygen atoms in total. The van der Waals surface area contributed by atoms with Gasteiger partial charge in [0.25, 0.3) is 0 Å². The van der Waals surface area contributed by atoms with Crippen LogP contribution in [0.1, 0.15) is 93.4 Å². The van der Waals surface area contributed by atoms with E-state index in [1.807, 2.05) is 44.2 Å². The highest BCUT2D eigenvalue weighted by Gasteiger charge is 2.71. The van der Waals surface area contributed by atoms with E-state index in [9.17, 15) is 39.6 Å². The van der Waals surface area contributed by atoms with E-state index >= 15 is 0 Å². The third-order valence-corrected chi connectivity index (χ3v) is 10.4. The van der Waals surface area contributed by atoms with Gasteiger partial charge in [-0.2, -0.15) is 0 Å². The summed E-state index contributed by atoms with van der Waals surface area (Å²) in [7, 11) is 0. The molecule has 3 aliphatic carbocycles. The number of rotatable bonds is 7. The number of carbonyl (C=O) groups excluding carboxylic acids is 4. The van der Waals surface area contributed by atoms with Crippen LogP contribution < -0.4 is 0 Å². The molecule has 0 aromatic heterocycles. The Hall–Kier alpha value is -4.04. The van der Waals surface area contributed by atoms with Gasteiger partial charge >= 0.3 is 0 Å². The van der Waals surface area contributed by atoms with Gasteiger partial charge < -0.3 is 20.4 Å². The molecule has 0 aliphatic heterocycles. The van der Waals surface area contributed by atoms with Crippen molar-refractivity contribution in [3.63, 3.8) is 0 Å². The smallest absolute Gasteiger partial charge is 0.209 e. The lowest BCUT2D eigenvalue weighted by Crippen LogP contribution is -2.67. The van der Waals surface area contributed by atoms with Gasteiger partial charge in [0.05, 0.1) is 5.56 Å². The Labute approximate surface area is 263 Å². The monoisotopic (exact) mass is 614 g/mol. The number of aromatic hydroxyl groups is 1. The van der Waals surface area contributed by atoms with E-state index in [1.54, 1.807) is 33.8 Å². The first-order valence-corrected chi connectivity index (χ1v) is 15.5. The normalized spacial score (nSPS) is 27.9. The van der Waals surface area contributed by atoms with Crippen LogP contribution in [0.3, 0.4) is 0 Å². The van der Waals surface area contributed by atoms with Crippen LogP contribution in [0.25, 0.3) is 0 Å². The summed E-state index contributed by atoms with van der Waals surface area (Å²) in [6.07, 6.45) is 0.254. The highest BCUT2D eigenvalue weighted by atomic mass is 16.3. The molecule has 1 unspecified atom stereocenters. The molecule has 0 fully saturated rings. The van der Waals surface area contributed by atoms with E-state index in [2.05, 4.69) is 0 Å². The van der Waals surface area contributed by atoms with Gasteiger partial charge in [-0.3, -0.25) is 19.2 Å². The number of aliphatic hydroxyl groups excluding tert-OH is 2. The molecule has 8 heteroatoms. The topological polar surface area (TPSA) is 149 Å². The van der Waals surface area contributed by atoms with Crippen molar-refractivity contribution >= 4 is 23.1 Å². The number of phenols is 1. The highest BCUT2D eigenvalue weighted by Crippen LogP contribution is 2.65. The summed E-state index contributed by atoms with van der Waals surface area (Å²) in [6, 6.07) is 11.0. The van der Waals surface area contributed by atoms with Crippen LogP contribution in [-0.4, -0.2) is 49.2 Å². The molecule has 5 rings (SSSR count). The molecule has 0 heterocycles. The summed E-state index contributed by atoms with van der Waals surface area (Å²) in [5, 5.41) is 47.0. The SMILES string of the molecule is CC(=O)C1=C(O)C(C(C)C)[C@@]2(C)C[C@@]3(C)Cc4c(C(C)C)cc(CC(=O)Cc5ccccc5)c(O)c4C(=O)C3=C(O)[C@@]2(O)C1=O. The fourth-order valence-electron chi connectivity index (χ4n) is 8.63. The molecule has 45 heavy (non-hydrogen) atoms. The standard InChI is InChI=1S/C37H42O8/c1-18(2)24-15-22(14-23(39)13-21-11-9-8-10-12-21)30(40)27-25(24)16-35(6)17-36(7)28(19(3)4)31(41)26(20(5)38)33(43)37(36,45)34(44)29(35)32(27)42/h8-12,15,18-19,28,40-41,44-45H,13-14,16-17H2,1-7H3/t28?,35-,36-,37+/m1/s1. The van der Waals surface area contributed by atoms with Crippen molar-refractivity contribution in [1.29, 1.82) is 0 Å². The quantitative estimate of drug-likeness (QED) is 0.285. The number of Topliss-reactive ketones (excluding diaryl/α,β-unsaturated/α-hetero) is 4. The Bertz CT molecular complexity index is 1710. The maximum atomic E-state index is 14.5. The molecular weight excluding hydrogens is 572 g/mol. The minimum absolute atomic E-state index is 0.0283. The van der Waals surface area contributed by atoms with Gasteiger partial charge in [-0.05, 0) is 48.3 Å². The van der Waals surface area contributed by atoms with Crippen LogP contribution in [0, 0.1) is 22.7 Å². The summed E-state index contributed by atoms with van der Waals surface area (Å²) in [4.78, 5) is 54.1. The minimum Gasteiger partial charge on any atom is -0.511 e. The number of hydrogen-bond acceptors (Lipinski definition) is 8. The third kappa shape index (κ3) is 4.59. The molecule has 3 aliphatic rings. The van der Waals surface area contributed by atoms with Gasteiger partial charge in [0.1, 0.15) is 28.6 Å². The number of benzene rings is 2. The second-order valence-corrected chi connectivity index (χ2v) is 14.3. The van der Waals surface area contributed by atoms with Crippen LogP contribution in [0.4, 0.5) is 0 Å². The Morgan fingerprint density at radius 2 is 1.60 bits per heavy atom. The summed E-state index contributed by atoms with van der Waals surface area (Å²) >= 11 is 0. The lowest BCUT2D eigenvalue weighted by atomic mass is 9.44. The van der Waals surface area contributed by atoms with E-state index in [4.69, 9.17) is 0 Å². The Balaban J connectivity index is 1.71. The fraction of sp³-hybridized carbons (Fsp3) is 0.459. The third-order valence-electron chi connectivity index (χ3n) is 10.4. The zero-order chi connectivity index (χ0) is 33.4. The fourth-order valence-corrected chi connectivity index (χ4v) is 8.63. The van der Waals surface area contributed by atoms with Crippen LogP contribution in [0.2, 0.25) is 0 Å². The summed E-state index contributed by atoms with van der Waals surface area (Å²) in [6.45, 7) is 12.0. The van der Waals surface area contributed by atoms with Gasteiger partial charge in [-0.15, -0.1) is 0 Å². The van der Waals surface area contributed by atoms with Crippen molar-refractivity contribution in [1.82, 2.24) is 0 Å². The molecular formula is C37H42O8. The molecule has 2 aromatic carbocycles. The van der Waals surface area contributed by atoms with Crippen LogP contribution in [0.15, 0.2) is 59.1 Å². The number of phenolic OH excluding ortho intramolecular Hbond substituents is 1. The molecule has 4 N–H and O–H groups in total. The van der Waals surface area contributed by atoms with E-state index in [0.717, 1.165) is 18.1 Å². The summed E-state index contributed by atoms with van der Waals surface area (Å²) in [5.41, 5.74) is -3.60.